The summed E-state index contributed by atoms with van der Waals surface area (Å²) in [5.41, 5.74) is 6.72. The van der Waals surface area contributed by atoms with E-state index >= 15 is 0 Å². The van der Waals surface area contributed by atoms with Crippen LogP contribution in [0, 0.1) is 19.8 Å². The number of nitrogens with one attached hydrogen (secondary N) is 1. The highest BCUT2D eigenvalue weighted by Crippen LogP contribution is 2.38. The third-order valence-electron chi connectivity index (χ3n) is 6.30. The van der Waals surface area contributed by atoms with Gasteiger partial charge in [0.1, 0.15) is 5.65 Å². The summed E-state index contributed by atoms with van der Waals surface area (Å²) in [6.07, 6.45) is 6.36. The lowest BCUT2D eigenvalue weighted by molar-refractivity contribution is -0.0196. The van der Waals surface area contributed by atoms with Crippen LogP contribution in [0.5, 0.6) is 0 Å². The van der Waals surface area contributed by atoms with E-state index in [2.05, 4.69) is 58.9 Å². The van der Waals surface area contributed by atoms with Crippen molar-refractivity contribution in [3.05, 3.63) is 53.5 Å². The Labute approximate surface area is 166 Å². The van der Waals surface area contributed by atoms with Gasteiger partial charge >= 0.3 is 0 Å². The third kappa shape index (κ3) is 3.23. The van der Waals surface area contributed by atoms with Crippen LogP contribution in [0.25, 0.3) is 17.0 Å². The number of fused-ring (bicyclic) bond motifs is 1. The van der Waals surface area contributed by atoms with Crippen molar-refractivity contribution in [2.45, 2.75) is 45.1 Å². The molecule has 146 valence electrons. The molecule has 5 nitrogen and oxygen atoms in total. The molecule has 0 bridgehead atoms. The van der Waals surface area contributed by atoms with Crippen molar-refractivity contribution < 1.29 is 4.74 Å². The first-order valence-electron chi connectivity index (χ1n) is 10.4. The summed E-state index contributed by atoms with van der Waals surface area (Å²) in [6, 6.07) is 10.7. The van der Waals surface area contributed by atoms with Gasteiger partial charge in [0.25, 0.3) is 0 Å². The summed E-state index contributed by atoms with van der Waals surface area (Å²) in [5.74, 6) is 0.562. The Morgan fingerprint density at radius 1 is 1.21 bits per heavy atom. The van der Waals surface area contributed by atoms with Crippen LogP contribution < -0.4 is 5.32 Å². The predicted molar refractivity (Wildman–Crippen MR) is 110 cm³/mol. The van der Waals surface area contributed by atoms with Crippen molar-refractivity contribution in [1.82, 2.24) is 19.7 Å². The maximum Gasteiger partial charge on any atom is 0.137 e. The molecule has 2 aliphatic rings. The van der Waals surface area contributed by atoms with Gasteiger partial charge in [-0.1, -0.05) is 6.07 Å². The second kappa shape index (κ2) is 6.98. The summed E-state index contributed by atoms with van der Waals surface area (Å²) < 4.78 is 8.47. The fourth-order valence-corrected chi connectivity index (χ4v) is 4.99. The fraction of sp³-hybridized carbons (Fsp3) is 0.478. The second-order valence-corrected chi connectivity index (χ2v) is 8.54. The Morgan fingerprint density at radius 2 is 2.07 bits per heavy atom. The molecule has 3 aromatic heterocycles. The van der Waals surface area contributed by atoms with Crippen LogP contribution in [0.3, 0.4) is 0 Å². The summed E-state index contributed by atoms with van der Waals surface area (Å²) in [6.45, 7) is 7.25. The van der Waals surface area contributed by atoms with Crippen molar-refractivity contribution in [3.63, 3.8) is 0 Å². The molecular formula is C23H28N4O. The molecule has 5 heterocycles. The SMILES string of the molecule is Cc1cc(C)n2c(-c3cccc(CC4COC5(CCNCC5)C4)n3)cnc2c1. The molecule has 5 rings (SSSR count). The van der Waals surface area contributed by atoms with Gasteiger partial charge in [-0.2, -0.15) is 0 Å². The smallest absolute Gasteiger partial charge is 0.137 e. The normalized spacial score (nSPS) is 21.6. The molecule has 0 saturated carbocycles. The summed E-state index contributed by atoms with van der Waals surface area (Å²) >= 11 is 0. The first-order valence-corrected chi connectivity index (χ1v) is 10.4. The predicted octanol–water partition coefficient (Wildman–Crippen LogP) is 3.71. The van der Waals surface area contributed by atoms with Gasteiger partial charge in [0.2, 0.25) is 0 Å². The molecule has 5 heteroatoms. The highest BCUT2D eigenvalue weighted by Gasteiger charge is 2.41. The molecule has 1 N–H and O–H groups in total. The Morgan fingerprint density at radius 3 is 2.93 bits per heavy atom. The van der Waals surface area contributed by atoms with E-state index in [0.717, 1.165) is 68.1 Å². The topological polar surface area (TPSA) is 51.5 Å². The molecule has 0 aromatic carbocycles. The van der Waals surface area contributed by atoms with Gasteiger partial charge in [-0.25, -0.2) is 4.98 Å². The van der Waals surface area contributed by atoms with Crippen molar-refractivity contribution in [2.24, 2.45) is 5.92 Å². The minimum atomic E-state index is 0.115. The van der Waals surface area contributed by atoms with E-state index in [1.54, 1.807) is 0 Å². The zero-order chi connectivity index (χ0) is 19.1. The van der Waals surface area contributed by atoms with Gasteiger partial charge in [-0.15, -0.1) is 0 Å². The second-order valence-electron chi connectivity index (χ2n) is 8.54. The van der Waals surface area contributed by atoms with Crippen LogP contribution in [0.4, 0.5) is 0 Å². The lowest BCUT2D eigenvalue weighted by atomic mass is 9.85. The molecule has 1 atom stereocenters. The minimum absolute atomic E-state index is 0.115. The summed E-state index contributed by atoms with van der Waals surface area (Å²) in [5, 5.41) is 3.45. The van der Waals surface area contributed by atoms with Gasteiger partial charge in [-0.3, -0.25) is 9.38 Å². The molecule has 2 saturated heterocycles. The Bertz CT molecular complexity index is 1000. The fourth-order valence-electron chi connectivity index (χ4n) is 4.99. The van der Waals surface area contributed by atoms with Crippen LogP contribution in [0.1, 0.15) is 36.2 Å². The standard InChI is InChI=1S/C23H28N4O/c1-16-10-17(2)27-21(14-25-22(27)11-16)20-5-3-4-19(26-20)12-18-13-23(28-15-18)6-8-24-9-7-23/h3-5,10-11,14,18,24H,6-9,12-13,15H2,1-2H3. The van der Waals surface area contributed by atoms with Crippen molar-refractivity contribution in [1.29, 1.82) is 0 Å². The lowest BCUT2D eigenvalue weighted by Crippen LogP contribution is -2.41. The largest absolute Gasteiger partial charge is 0.375 e. The molecule has 1 spiro atoms. The van der Waals surface area contributed by atoms with Crippen LogP contribution in [0.2, 0.25) is 0 Å². The van der Waals surface area contributed by atoms with Gasteiger partial charge in [0, 0.05) is 11.4 Å². The van der Waals surface area contributed by atoms with Crippen molar-refractivity contribution in [2.75, 3.05) is 19.7 Å². The van der Waals surface area contributed by atoms with E-state index in [1.165, 1.54) is 11.3 Å². The quantitative estimate of drug-likeness (QED) is 0.757. The zero-order valence-electron chi connectivity index (χ0n) is 16.7. The number of nitrogens with zero attached hydrogens (tertiary/aromatic N) is 3. The van der Waals surface area contributed by atoms with Gasteiger partial charge in [-0.05, 0) is 88.4 Å². The maximum atomic E-state index is 6.27. The molecule has 2 aliphatic heterocycles. The number of ether oxygens (including phenoxy) is 1. The number of hydrogen-bond acceptors (Lipinski definition) is 4. The van der Waals surface area contributed by atoms with E-state index in [1.807, 2.05) is 6.20 Å². The minimum Gasteiger partial charge on any atom is -0.375 e. The highest BCUT2D eigenvalue weighted by atomic mass is 16.5. The summed E-state index contributed by atoms with van der Waals surface area (Å²) in [4.78, 5) is 9.60. The average molecular weight is 377 g/mol. The number of aromatic nitrogens is 3. The molecule has 28 heavy (non-hydrogen) atoms. The average Bonchev–Trinajstić information content (AvgIpc) is 3.27. The van der Waals surface area contributed by atoms with Crippen molar-refractivity contribution in [3.8, 4) is 11.4 Å². The summed E-state index contributed by atoms with van der Waals surface area (Å²) in [7, 11) is 0. The highest BCUT2D eigenvalue weighted by molar-refractivity contribution is 5.61. The van der Waals surface area contributed by atoms with E-state index in [4.69, 9.17) is 9.72 Å². The number of pyridine rings is 2. The van der Waals surface area contributed by atoms with Crippen LogP contribution in [-0.4, -0.2) is 39.7 Å². The monoisotopic (exact) mass is 376 g/mol. The molecule has 0 amide bonds. The lowest BCUT2D eigenvalue weighted by Gasteiger charge is -2.33. The molecule has 0 radical (unpaired) electrons. The Hall–Kier alpha value is -2.24. The first-order chi connectivity index (χ1) is 13.6. The Kier molecular flexibility index (Phi) is 4.44. The number of imidazole rings is 1. The van der Waals surface area contributed by atoms with E-state index in [-0.39, 0.29) is 5.60 Å². The van der Waals surface area contributed by atoms with Gasteiger partial charge < -0.3 is 10.1 Å². The molecule has 1 unspecified atom stereocenters. The van der Waals surface area contributed by atoms with Gasteiger partial charge in [0.05, 0.1) is 29.8 Å². The first kappa shape index (κ1) is 17.8. The van der Waals surface area contributed by atoms with Crippen LogP contribution in [0.15, 0.2) is 36.5 Å². The molecular weight excluding hydrogens is 348 g/mol. The molecule has 3 aromatic rings. The maximum absolute atomic E-state index is 6.27. The van der Waals surface area contributed by atoms with E-state index in [9.17, 15) is 0 Å². The van der Waals surface area contributed by atoms with E-state index < -0.39 is 0 Å². The van der Waals surface area contributed by atoms with Crippen LogP contribution in [-0.2, 0) is 11.2 Å². The van der Waals surface area contributed by atoms with E-state index in [0.29, 0.717) is 5.92 Å². The van der Waals surface area contributed by atoms with Gasteiger partial charge in [0.15, 0.2) is 0 Å². The molecule has 0 aliphatic carbocycles. The number of aryl methyl sites for hydroxylation is 2. The number of rotatable bonds is 3. The number of hydrogen-bond donors (Lipinski definition) is 1. The Balaban J connectivity index is 1.39. The zero-order valence-corrected chi connectivity index (χ0v) is 16.7. The molecule has 2 fully saturated rings. The van der Waals surface area contributed by atoms with Crippen LogP contribution >= 0.6 is 0 Å². The number of piperidine rings is 1. The van der Waals surface area contributed by atoms with Crippen molar-refractivity contribution >= 4 is 5.65 Å². The third-order valence-corrected chi connectivity index (χ3v) is 6.30.